The predicted octanol–water partition coefficient (Wildman–Crippen LogP) is 1.74. The smallest absolute Gasteiger partial charge is 0.251 e. The van der Waals surface area contributed by atoms with E-state index < -0.39 is 0 Å². The van der Waals surface area contributed by atoms with Crippen molar-refractivity contribution in [3.8, 4) is 5.75 Å². The molecule has 1 fully saturated rings. The van der Waals surface area contributed by atoms with Gasteiger partial charge in [0.05, 0.1) is 12.8 Å². The number of ether oxygens (including phenoxy) is 1. The highest BCUT2D eigenvalue weighted by Crippen LogP contribution is 2.22. The van der Waals surface area contributed by atoms with Crippen molar-refractivity contribution in [2.45, 2.75) is 19.8 Å². The summed E-state index contributed by atoms with van der Waals surface area (Å²) in [5, 5.41) is 2.98. The summed E-state index contributed by atoms with van der Waals surface area (Å²) in [5.74, 6) is 0.900. The van der Waals surface area contributed by atoms with E-state index in [-0.39, 0.29) is 5.91 Å². The number of nitrogen functional groups attached to an aromatic ring is 1. The van der Waals surface area contributed by atoms with Crippen LogP contribution in [0.4, 0.5) is 5.69 Å². The number of hydrogen-bond donors (Lipinski definition) is 2. The summed E-state index contributed by atoms with van der Waals surface area (Å²) in [4.78, 5) is 14.6. The van der Waals surface area contributed by atoms with E-state index in [1.807, 2.05) is 0 Å². The Hall–Kier alpha value is -1.75. The normalized spacial score (nSPS) is 16.7. The molecule has 1 aromatic carbocycles. The molecular formula is C16H25N3O2. The number of nitrogens with zero attached hydrogens (tertiary/aromatic N) is 1. The maximum atomic E-state index is 12.1. The van der Waals surface area contributed by atoms with Gasteiger partial charge in [-0.3, -0.25) is 4.79 Å². The van der Waals surface area contributed by atoms with E-state index in [1.165, 1.54) is 25.9 Å². The van der Waals surface area contributed by atoms with Gasteiger partial charge in [0.15, 0.2) is 0 Å². The van der Waals surface area contributed by atoms with Gasteiger partial charge in [-0.1, -0.05) is 6.92 Å². The summed E-state index contributed by atoms with van der Waals surface area (Å²) in [5.41, 5.74) is 6.87. The molecule has 1 amide bonds. The largest absolute Gasteiger partial charge is 0.495 e. The number of carbonyl (C=O) groups is 1. The molecule has 0 spiro atoms. The number of carbonyl (C=O) groups excluding carboxylic acids is 1. The molecular weight excluding hydrogens is 266 g/mol. The SMILES string of the molecule is COc1cc(C(=O)NCC(C)CN2CCCC2)ccc1N. The Balaban J connectivity index is 1.83. The van der Waals surface area contributed by atoms with E-state index in [1.54, 1.807) is 25.3 Å². The van der Waals surface area contributed by atoms with Gasteiger partial charge in [-0.2, -0.15) is 0 Å². The minimum absolute atomic E-state index is 0.0819. The summed E-state index contributed by atoms with van der Waals surface area (Å²) in [7, 11) is 1.55. The molecule has 5 nitrogen and oxygen atoms in total. The molecule has 1 atom stereocenters. The molecule has 0 saturated carbocycles. The Labute approximate surface area is 126 Å². The van der Waals surface area contributed by atoms with Gasteiger partial charge >= 0.3 is 0 Å². The number of amides is 1. The summed E-state index contributed by atoms with van der Waals surface area (Å²) < 4.78 is 5.14. The summed E-state index contributed by atoms with van der Waals surface area (Å²) in [6.45, 7) is 6.27. The predicted molar refractivity (Wildman–Crippen MR) is 84.6 cm³/mol. The molecule has 2 rings (SSSR count). The van der Waals surface area contributed by atoms with E-state index in [4.69, 9.17) is 10.5 Å². The van der Waals surface area contributed by atoms with E-state index in [2.05, 4.69) is 17.1 Å². The number of nitrogens with two attached hydrogens (primary N) is 1. The first-order chi connectivity index (χ1) is 10.1. The average Bonchev–Trinajstić information content (AvgIpc) is 2.98. The minimum atomic E-state index is -0.0819. The first-order valence-electron chi connectivity index (χ1n) is 7.54. The van der Waals surface area contributed by atoms with Crippen LogP contribution in [0, 0.1) is 5.92 Å². The van der Waals surface area contributed by atoms with Crippen molar-refractivity contribution in [3.05, 3.63) is 23.8 Å². The lowest BCUT2D eigenvalue weighted by Gasteiger charge is -2.20. The standard InChI is InChI=1S/C16H25N3O2/c1-12(11-19-7-3-4-8-19)10-18-16(20)13-5-6-14(17)15(9-13)21-2/h5-6,9,12H,3-4,7-8,10-11,17H2,1-2H3,(H,18,20). The topological polar surface area (TPSA) is 67.6 Å². The highest BCUT2D eigenvalue weighted by molar-refractivity contribution is 5.95. The second kappa shape index (κ2) is 7.31. The monoisotopic (exact) mass is 291 g/mol. The molecule has 1 aliphatic heterocycles. The third-order valence-electron chi connectivity index (χ3n) is 3.88. The molecule has 0 aromatic heterocycles. The zero-order chi connectivity index (χ0) is 15.2. The van der Waals surface area contributed by atoms with Crippen LogP contribution in [0.1, 0.15) is 30.1 Å². The zero-order valence-electron chi connectivity index (χ0n) is 12.9. The number of benzene rings is 1. The zero-order valence-corrected chi connectivity index (χ0v) is 12.9. The van der Waals surface area contributed by atoms with Crippen LogP contribution in [0.3, 0.4) is 0 Å². The van der Waals surface area contributed by atoms with Crippen LogP contribution in [0.15, 0.2) is 18.2 Å². The third kappa shape index (κ3) is 4.36. The number of nitrogens with one attached hydrogen (secondary N) is 1. The molecule has 116 valence electrons. The Morgan fingerprint density at radius 3 is 2.81 bits per heavy atom. The number of anilines is 1. The van der Waals surface area contributed by atoms with Crippen LogP contribution in [0.2, 0.25) is 0 Å². The Morgan fingerprint density at radius 1 is 1.43 bits per heavy atom. The van der Waals surface area contributed by atoms with E-state index in [9.17, 15) is 4.79 Å². The van der Waals surface area contributed by atoms with Crippen molar-refractivity contribution >= 4 is 11.6 Å². The fraction of sp³-hybridized carbons (Fsp3) is 0.562. The molecule has 3 N–H and O–H groups in total. The van der Waals surface area contributed by atoms with Crippen LogP contribution in [0.25, 0.3) is 0 Å². The lowest BCUT2D eigenvalue weighted by atomic mass is 10.1. The van der Waals surface area contributed by atoms with Crippen molar-refractivity contribution in [1.82, 2.24) is 10.2 Å². The first-order valence-corrected chi connectivity index (χ1v) is 7.54. The van der Waals surface area contributed by atoms with Crippen molar-refractivity contribution < 1.29 is 9.53 Å². The molecule has 0 aliphatic carbocycles. The lowest BCUT2D eigenvalue weighted by molar-refractivity contribution is 0.0945. The van der Waals surface area contributed by atoms with Crippen LogP contribution >= 0.6 is 0 Å². The molecule has 5 heteroatoms. The second-order valence-electron chi connectivity index (χ2n) is 5.78. The highest BCUT2D eigenvalue weighted by Gasteiger charge is 2.15. The first kappa shape index (κ1) is 15.6. The summed E-state index contributed by atoms with van der Waals surface area (Å²) in [6.07, 6.45) is 2.59. The molecule has 1 heterocycles. The van der Waals surface area contributed by atoms with Gasteiger partial charge in [0.25, 0.3) is 5.91 Å². The Bertz CT molecular complexity index is 484. The van der Waals surface area contributed by atoms with Gasteiger partial charge in [0.2, 0.25) is 0 Å². The Morgan fingerprint density at radius 2 is 2.14 bits per heavy atom. The third-order valence-corrected chi connectivity index (χ3v) is 3.88. The van der Waals surface area contributed by atoms with Crippen LogP contribution in [0.5, 0.6) is 5.75 Å². The highest BCUT2D eigenvalue weighted by atomic mass is 16.5. The molecule has 1 aromatic rings. The molecule has 0 bridgehead atoms. The number of likely N-dealkylation sites (tertiary alicyclic amines) is 1. The maximum Gasteiger partial charge on any atom is 0.251 e. The van der Waals surface area contributed by atoms with E-state index in [0.717, 1.165) is 6.54 Å². The second-order valence-corrected chi connectivity index (χ2v) is 5.78. The molecule has 21 heavy (non-hydrogen) atoms. The van der Waals surface area contributed by atoms with Crippen molar-refractivity contribution in [3.63, 3.8) is 0 Å². The molecule has 0 radical (unpaired) electrons. The average molecular weight is 291 g/mol. The van der Waals surface area contributed by atoms with Gasteiger partial charge in [-0.25, -0.2) is 0 Å². The van der Waals surface area contributed by atoms with Crippen molar-refractivity contribution in [1.29, 1.82) is 0 Å². The summed E-state index contributed by atoms with van der Waals surface area (Å²) >= 11 is 0. The van der Waals surface area contributed by atoms with Gasteiger partial charge in [0.1, 0.15) is 5.75 Å². The van der Waals surface area contributed by atoms with Gasteiger partial charge in [-0.15, -0.1) is 0 Å². The lowest BCUT2D eigenvalue weighted by Crippen LogP contribution is -2.34. The van der Waals surface area contributed by atoms with Gasteiger partial charge < -0.3 is 20.7 Å². The van der Waals surface area contributed by atoms with Crippen LogP contribution in [-0.4, -0.2) is 44.1 Å². The van der Waals surface area contributed by atoms with E-state index >= 15 is 0 Å². The quantitative estimate of drug-likeness (QED) is 0.783. The molecule has 1 unspecified atom stereocenters. The Kier molecular flexibility index (Phi) is 5.44. The van der Waals surface area contributed by atoms with Crippen molar-refractivity contribution in [2.24, 2.45) is 5.92 Å². The van der Waals surface area contributed by atoms with Gasteiger partial charge in [-0.05, 0) is 50.0 Å². The fourth-order valence-electron chi connectivity index (χ4n) is 2.69. The fourth-order valence-corrected chi connectivity index (χ4v) is 2.69. The molecule has 1 aliphatic rings. The van der Waals surface area contributed by atoms with E-state index in [0.29, 0.717) is 29.5 Å². The van der Waals surface area contributed by atoms with Crippen molar-refractivity contribution in [2.75, 3.05) is 39.0 Å². The molecule has 1 saturated heterocycles. The number of methoxy groups -OCH3 is 1. The van der Waals surface area contributed by atoms with Crippen LogP contribution < -0.4 is 15.8 Å². The van der Waals surface area contributed by atoms with Gasteiger partial charge in [0, 0.05) is 18.7 Å². The number of rotatable bonds is 6. The summed E-state index contributed by atoms with van der Waals surface area (Å²) in [6, 6.07) is 5.09. The number of hydrogen-bond acceptors (Lipinski definition) is 4. The van der Waals surface area contributed by atoms with Crippen LogP contribution in [-0.2, 0) is 0 Å². The maximum absolute atomic E-state index is 12.1. The minimum Gasteiger partial charge on any atom is -0.495 e.